The molecule has 2 heterocycles. The Balaban J connectivity index is 1.53. The van der Waals surface area contributed by atoms with Gasteiger partial charge in [-0.05, 0) is 56.8 Å². The summed E-state index contributed by atoms with van der Waals surface area (Å²) < 4.78 is 12.0. The molecule has 0 aromatic heterocycles. The minimum absolute atomic E-state index is 0.0407. The highest BCUT2D eigenvalue weighted by Gasteiger charge is 2.70. The van der Waals surface area contributed by atoms with Crippen LogP contribution in [-0.4, -0.2) is 34.5 Å². The Morgan fingerprint density at radius 2 is 1.95 bits per heavy atom. The lowest BCUT2D eigenvalue weighted by Crippen LogP contribution is -2.47. The third-order valence-electron chi connectivity index (χ3n) is 7.13. The van der Waals surface area contributed by atoms with Crippen LogP contribution in [-0.2, 0) is 14.3 Å². The van der Waals surface area contributed by atoms with Gasteiger partial charge in [-0.1, -0.05) is 13.8 Å². The van der Waals surface area contributed by atoms with E-state index in [9.17, 15) is 9.90 Å². The molecule has 6 atom stereocenters. The van der Waals surface area contributed by atoms with Gasteiger partial charge >= 0.3 is 5.97 Å². The van der Waals surface area contributed by atoms with E-state index >= 15 is 0 Å². The fourth-order valence-electron chi connectivity index (χ4n) is 5.20. The highest BCUT2D eigenvalue weighted by Crippen LogP contribution is 2.65. The van der Waals surface area contributed by atoms with E-state index in [1.54, 1.807) is 0 Å². The van der Waals surface area contributed by atoms with E-state index in [1.807, 2.05) is 0 Å². The predicted molar refractivity (Wildman–Crippen MR) is 77.0 cm³/mol. The minimum Gasteiger partial charge on any atom is -0.481 e. The summed E-state index contributed by atoms with van der Waals surface area (Å²) in [5.74, 6) is -0.300. The highest BCUT2D eigenvalue weighted by molar-refractivity contribution is 5.70. The molecule has 1 N–H and O–H groups in total. The van der Waals surface area contributed by atoms with Crippen LogP contribution in [0.25, 0.3) is 0 Å². The quantitative estimate of drug-likeness (QED) is 0.813. The Morgan fingerprint density at radius 3 is 2.62 bits per heavy atom. The predicted octanol–water partition coefficient (Wildman–Crippen LogP) is 2.99. The number of fused-ring (bicyclic) bond motifs is 2. The van der Waals surface area contributed by atoms with E-state index in [1.165, 1.54) is 6.42 Å². The van der Waals surface area contributed by atoms with Crippen molar-refractivity contribution in [2.24, 2.45) is 17.3 Å². The molecule has 6 unspecified atom stereocenters. The molecule has 118 valence electrons. The molecule has 4 rings (SSSR count). The first-order valence-corrected chi connectivity index (χ1v) is 8.37. The van der Waals surface area contributed by atoms with Gasteiger partial charge in [-0.25, -0.2) is 0 Å². The molecule has 4 heteroatoms. The molecule has 0 aromatic carbocycles. The summed E-state index contributed by atoms with van der Waals surface area (Å²) in [6.07, 6.45) is 6.50. The standard InChI is InChI=1S/C17H26O4/c1-15(2,11-6-7-16(3)13(8-11)20-16)17-9-10(14(18)19)4-5-12(17)21-17/h10-13H,4-9H2,1-3H3,(H,18,19). The topological polar surface area (TPSA) is 62.4 Å². The van der Waals surface area contributed by atoms with Crippen LogP contribution in [0.15, 0.2) is 0 Å². The van der Waals surface area contributed by atoms with Crippen LogP contribution in [0.5, 0.6) is 0 Å². The number of hydrogen-bond acceptors (Lipinski definition) is 3. The molecular formula is C17H26O4. The van der Waals surface area contributed by atoms with Crippen molar-refractivity contribution >= 4 is 5.97 Å². The van der Waals surface area contributed by atoms with Gasteiger partial charge in [-0.3, -0.25) is 4.79 Å². The SMILES string of the molecule is CC12CCC(C(C)(C)C34CC(C(=O)O)CCC3O4)CC1O2. The molecule has 0 amide bonds. The fourth-order valence-corrected chi connectivity index (χ4v) is 5.20. The van der Waals surface area contributed by atoms with Crippen molar-refractivity contribution < 1.29 is 19.4 Å². The van der Waals surface area contributed by atoms with Crippen LogP contribution in [0.4, 0.5) is 0 Å². The van der Waals surface area contributed by atoms with Gasteiger partial charge in [0.1, 0.15) is 5.60 Å². The Kier molecular flexibility index (Phi) is 2.68. The maximum Gasteiger partial charge on any atom is 0.306 e. The van der Waals surface area contributed by atoms with E-state index in [4.69, 9.17) is 9.47 Å². The molecular weight excluding hydrogens is 268 g/mol. The maximum atomic E-state index is 11.4. The number of rotatable bonds is 3. The largest absolute Gasteiger partial charge is 0.481 e. The molecule has 2 aliphatic heterocycles. The molecule has 4 nitrogen and oxygen atoms in total. The smallest absolute Gasteiger partial charge is 0.306 e. The van der Waals surface area contributed by atoms with Gasteiger partial charge in [0.25, 0.3) is 0 Å². The summed E-state index contributed by atoms with van der Waals surface area (Å²) >= 11 is 0. The van der Waals surface area contributed by atoms with Gasteiger partial charge in [0.05, 0.1) is 23.7 Å². The molecule has 4 fully saturated rings. The van der Waals surface area contributed by atoms with Gasteiger partial charge < -0.3 is 14.6 Å². The molecule has 0 bridgehead atoms. The number of carbonyl (C=O) groups is 1. The average Bonchev–Trinajstić information content (AvgIpc) is 3.29. The van der Waals surface area contributed by atoms with Crippen molar-refractivity contribution in [3.05, 3.63) is 0 Å². The first-order valence-electron chi connectivity index (χ1n) is 8.37. The minimum atomic E-state index is -0.652. The van der Waals surface area contributed by atoms with E-state index in [0.29, 0.717) is 18.4 Å². The normalized spacial score (nSPS) is 51.8. The van der Waals surface area contributed by atoms with Crippen molar-refractivity contribution in [3.8, 4) is 0 Å². The zero-order valence-electron chi connectivity index (χ0n) is 13.2. The Bertz CT molecular complexity index is 487. The summed E-state index contributed by atoms with van der Waals surface area (Å²) in [5, 5.41) is 9.37. The molecule has 0 spiro atoms. The monoisotopic (exact) mass is 294 g/mol. The van der Waals surface area contributed by atoms with Crippen LogP contribution in [0, 0.1) is 17.3 Å². The van der Waals surface area contributed by atoms with Gasteiger partial charge in [-0.2, -0.15) is 0 Å². The van der Waals surface area contributed by atoms with Gasteiger partial charge in [0.15, 0.2) is 0 Å². The number of hydrogen-bond donors (Lipinski definition) is 1. The molecule has 0 aromatic rings. The van der Waals surface area contributed by atoms with E-state index in [-0.39, 0.29) is 28.6 Å². The molecule has 4 aliphatic rings. The Morgan fingerprint density at radius 1 is 1.19 bits per heavy atom. The molecule has 2 aliphatic carbocycles. The molecule has 21 heavy (non-hydrogen) atoms. The van der Waals surface area contributed by atoms with Gasteiger partial charge in [0.2, 0.25) is 0 Å². The lowest BCUT2D eigenvalue weighted by molar-refractivity contribution is -0.143. The summed E-state index contributed by atoms with van der Waals surface area (Å²) in [6, 6.07) is 0. The first kappa shape index (κ1) is 14.0. The second-order valence-corrected chi connectivity index (χ2v) is 8.42. The van der Waals surface area contributed by atoms with Crippen LogP contribution < -0.4 is 0 Å². The second-order valence-electron chi connectivity index (χ2n) is 8.42. The first-order chi connectivity index (χ1) is 9.78. The second kappa shape index (κ2) is 4.02. The van der Waals surface area contributed by atoms with Crippen molar-refractivity contribution in [2.75, 3.05) is 0 Å². The van der Waals surface area contributed by atoms with Crippen molar-refractivity contribution in [1.82, 2.24) is 0 Å². The molecule has 0 radical (unpaired) electrons. The van der Waals surface area contributed by atoms with Gasteiger partial charge in [-0.15, -0.1) is 0 Å². The average molecular weight is 294 g/mol. The lowest BCUT2D eigenvalue weighted by Gasteiger charge is -2.43. The van der Waals surface area contributed by atoms with Crippen molar-refractivity contribution in [2.45, 2.75) is 82.7 Å². The van der Waals surface area contributed by atoms with Crippen molar-refractivity contribution in [3.63, 3.8) is 0 Å². The Hall–Kier alpha value is -0.610. The van der Waals surface area contributed by atoms with E-state index < -0.39 is 5.97 Å². The molecule has 2 saturated heterocycles. The van der Waals surface area contributed by atoms with E-state index in [2.05, 4.69) is 20.8 Å². The fraction of sp³-hybridized carbons (Fsp3) is 0.941. The number of aliphatic carboxylic acids is 1. The number of epoxide rings is 2. The molecule has 2 saturated carbocycles. The van der Waals surface area contributed by atoms with Crippen LogP contribution in [0.3, 0.4) is 0 Å². The third kappa shape index (κ3) is 1.84. The number of carboxylic acid groups (broad SMARTS) is 1. The van der Waals surface area contributed by atoms with Crippen LogP contribution >= 0.6 is 0 Å². The van der Waals surface area contributed by atoms with Crippen LogP contribution in [0.1, 0.15) is 59.3 Å². The zero-order chi connectivity index (χ0) is 15.0. The highest BCUT2D eigenvalue weighted by atomic mass is 16.6. The van der Waals surface area contributed by atoms with Crippen molar-refractivity contribution in [1.29, 1.82) is 0 Å². The van der Waals surface area contributed by atoms with E-state index in [0.717, 1.165) is 25.7 Å². The third-order valence-corrected chi connectivity index (χ3v) is 7.13. The summed E-state index contributed by atoms with van der Waals surface area (Å²) in [7, 11) is 0. The summed E-state index contributed by atoms with van der Waals surface area (Å²) in [6.45, 7) is 6.82. The lowest BCUT2D eigenvalue weighted by atomic mass is 9.58. The number of ether oxygens (including phenoxy) is 2. The van der Waals surface area contributed by atoms with Gasteiger partial charge in [0, 0.05) is 0 Å². The Labute approximate surface area is 126 Å². The summed E-state index contributed by atoms with van der Waals surface area (Å²) in [5.41, 5.74) is -0.00904. The number of carboxylic acids is 1. The zero-order valence-corrected chi connectivity index (χ0v) is 13.2. The maximum absolute atomic E-state index is 11.4. The van der Waals surface area contributed by atoms with Crippen LogP contribution in [0.2, 0.25) is 0 Å². The summed E-state index contributed by atoms with van der Waals surface area (Å²) in [4.78, 5) is 11.4.